The van der Waals surface area contributed by atoms with Gasteiger partial charge >= 0.3 is 0 Å². The predicted octanol–water partition coefficient (Wildman–Crippen LogP) is 4.91. The Morgan fingerprint density at radius 3 is 2.62 bits per heavy atom. The maximum absolute atomic E-state index is 5.00. The molecule has 1 fully saturated rings. The number of hydrogen-bond donors (Lipinski definition) is 1. The highest BCUT2D eigenvalue weighted by Gasteiger charge is 2.35. The van der Waals surface area contributed by atoms with E-state index >= 15 is 0 Å². The van der Waals surface area contributed by atoms with Crippen LogP contribution in [0.3, 0.4) is 0 Å². The van der Waals surface area contributed by atoms with Crippen LogP contribution in [0.25, 0.3) is 0 Å². The Kier molecular flexibility index (Phi) is 4.37. The summed E-state index contributed by atoms with van der Waals surface area (Å²) in [6, 6.07) is 11.4. The fourth-order valence-electron chi connectivity index (χ4n) is 3.76. The number of anilines is 2. The van der Waals surface area contributed by atoms with Gasteiger partial charge in [-0.15, -0.1) is 0 Å². The lowest BCUT2D eigenvalue weighted by molar-refractivity contribution is 0.427. The van der Waals surface area contributed by atoms with E-state index in [2.05, 4.69) is 68.2 Å². The molecule has 0 amide bonds. The smallest absolute Gasteiger partial charge is 0.136 e. The predicted molar refractivity (Wildman–Crippen MR) is 108 cm³/mol. The second-order valence-electron chi connectivity index (χ2n) is 8.54. The van der Waals surface area contributed by atoms with Gasteiger partial charge in [-0.2, -0.15) is 0 Å². The summed E-state index contributed by atoms with van der Waals surface area (Å²) in [5, 5.41) is 3.56. The van der Waals surface area contributed by atoms with Crippen molar-refractivity contribution < 1.29 is 0 Å². The molecule has 138 valence electrons. The summed E-state index contributed by atoms with van der Waals surface area (Å²) in [5.41, 5.74) is 2.91. The highest BCUT2D eigenvalue weighted by atomic mass is 15.3. The summed E-state index contributed by atoms with van der Waals surface area (Å²) in [7, 11) is 0. The number of fused-ring (bicyclic) bond motifs is 1. The highest BCUT2D eigenvalue weighted by Crippen LogP contribution is 2.41. The third-order valence-electron chi connectivity index (χ3n) is 5.76. The van der Waals surface area contributed by atoms with E-state index in [4.69, 9.17) is 9.97 Å². The van der Waals surface area contributed by atoms with Gasteiger partial charge in [0.2, 0.25) is 0 Å². The maximum atomic E-state index is 5.00. The topological polar surface area (TPSA) is 41.0 Å². The summed E-state index contributed by atoms with van der Waals surface area (Å²) in [4.78, 5) is 12.3. The molecule has 1 aliphatic heterocycles. The fraction of sp³-hybridized carbons (Fsp3) is 0.545. The Hall–Kier alpha value is -2.10. The van der Waals surface area contributed by atoms with Crippen molar-refractivity contribution in [3.05, 3.63) is 47.3 Å². The lowest BCUT2D eigenvalue weighted by Crippen LogP contribution is -2.49. The first-order chi connectivity index (χ1) is 12.5. The van der Waals surface area contributed by atoms with Gasteiger partial charge in [-0.05, 0) is 57.6 Å². The van der Waals surface area contributed by atoms with Crippen molar-refractivity contribution >= 4 is 11.6 Å². The molecule has 1 aromatic heterocycles. The minimum absolute atomic E-state index is 0.0389. The average molecular weight is 351 g/mol. The molecule has 2 aliphatic rings. The summed E-state index contributed by atoms with van der Waals surface area (Å²) in [6.45, 7) is 9.96. The minimum Gasteiger partial charge on any atom is -0.367 e. The molecule has 1 aliphatic carbocycles. The van der Waals surface area contributed by atoms with Gasteiger partial charge in [0, 0.05) is 30.1 Å². The fourth-order valence-corrected chi connectivity index (χ4v) is 3.76. The van der Waals surface area contributed by atoms with Gasteiger partial charge in [-0.1, -0.05) is 31.2 Å². The minimum atomic E-state index is 0.0389. The van der Waals surface area contributed by atoms with E-state index in [1.54, 1.807) is 0 Å². The SMILES string of the molecule is CC[C@@H](C)Nc1cc(N2Cc3ccccc3CC2(C)C)nc(C2CC2)n1. The third-order valence-corrected chi connectivity index (χ3v) is 5.76. The Balaban J connectivity index is 1.71. The Labute approximate surface area is 157 Å². The van der Waals surface area contributed by atoms with Crippen LogP contribution >= 0.6 is 0 Å². The number of hydrogen-bond acceptors (Lipinski definition) is 4. The molecule has 0 saturated heterocycles. The molecule has 4 nitrogen and oxygen atoms in total. The largest absolute Gasteiger partial charge is 0.367 e. The van der Waals surface area contributed by atoms with E-state index < -0.39 is 0 Å². The molecule has 1 saturated carbocycles. The summed E-state index contributed by atoms with van der Waals surface area (Å²) in [6.07, 6.45) is 4.57. The van der Waals surface area contributed by atoms with E-state index in [0.717, 1.165) is 36.8 Å². The van der Waals surface area contributed by atoms with E-state index in [0.29, 0.717) is 12.0 Å². The van der Waals surface area contributed by atoms with E-state index in [9.17, 15) is 0 Å². The average Bonchev–Trinajstić information content (AvgIpc) is 3.45. The number of nitrogens with zero attached hydrogens (tertiary/aromatic N) is 3. The third kappa shape index (κ3) is 3.42. The standard InChI is InChI=1S/C22H30N4/c1-5-15(2)23-19-12-20(25-21(24-19)16-10-11-16)26-14-18-9-7-6-8-17(18)13-22(26,3)4/h6-9,12,15-16H,5,10-11,13-14H2,1-4H3,(H,23,24,25)/t15-/m1/s1. The molecular formula is C22H30N4. The second kappa shape index (κ2) is 6.57. The van der Waals surface area contributed by atoms with Crippen LogP contribution in [0.1, 0.15) is 69.8 Å². The zero-order chi connectivity index (χ0) is 18.3. The van der Waals surface area contributed by atoms with Gasteiger partial charge in [-0.3, -0.25) is 0 Å². The Bertz CT molecular complexity index is 794. The molecule has 0 bridgehead atoms. The van der Waals surface area contributed by atoms with Crippen molar-refractivity contribution in [1.29, 1.82) is 0 Å². The molecular weight excluding hydrogens is 320 g/mol. The van der Waals surface area contributed by atoms with Gasteiger partial charge in [0.05, 0.1) is 0 Å². The highest BCUT2D eigenvalue weighted by molar-refractivity contribution is 5.54. The first-order valence-corrected chi connectivity index (χ1v) is 9.96. The van der Waals surface area contributed by atoms with Gasteiger partial charge in [0.15, 0.2) is 0 Å². The zero-order valence-corrected chi connectivity index (χ0v) is 16.4. The molecule has 1 N–H and O–H groups in total. The van der Waals surface area contributed by atoms with Crippen molar-refractivity contribution in [2.24, 2.45) is 0 Å². The first-order valence-electron chi connectivity index (χ1n) is 9.96. The second-order valence-corrected chi connectivity index (χ2v) is 8.54. The maximum Gasteiger partial charge on any atom is 0.136 e. The lowest BCUT2D eigenvalue weighted by Gasteiger charge is -2.44. The summed E-state index contributed by atoms with van der Waals surface area (Å²) in [5.74, 6) is 3.60. The van der Waals surface area contributed by atoms with Crippen LogP contribution in [0.4, 0.5) is 11.6 Å². The zero-order valence-electron chi connectivity index (χ0n) is 16.4. The van der Waals surface area contributed by atoms with E-state index in [-0.39, 0.29) is 5.54 Å². The molecule has 1 aromatic carbocycles. The van der Waals surface area contributed by atoms with Crippen LogP contribution in [-0.4, -0.2) is 21.5 Å². The molecule has 1 atom stereocenters. The molecule has 4 heteroatoms. The van der Waals surface area contributed by atoms with Crippen molar-refractivity contribution in [1.82, 2.24) is 9.97 Å². The molecule has 0 unspecified atom stereocenters. The summed E-state index contributed by atoms with van der Waals surface area (Å²) >= 11 is 0. The van der Waals surface area contributed by atoms with Crippen LogP contribution in [0, 0.1) is 0 Å². The molecule has 4 rings (SSSR count). The van der Waals surface area contributed by atoms with Crippen LogP contribution in [0.5, 0.6) is 0 Å². The van der Waals surface area contributed by atoms with Crippen LogP contribution < -0.4 is 10.2 Å². The number of aromatic nitrogens is 2. The molecule has 2 aromatic rings. The van der Waals surface area contributed by atoms with Crippen LogP contribution in [0.2, 0.25) is 0 Å². The number of nitrogens with one attached hydrogen (secondary N) is 1. The van der Waals surface area contributed by atoms with Crippen molar-refractivity contribution in [3.8, 4) is 0 Å². The number of rotatable bonds is 5. The van der Waals surface area contributed by atoms with Crippen molar-refractivity contribution in [2.45, 2.75) is 77.4 Å². The van der Waals surface area contributed by atoms with Crippen LogP contribution in [-0.2, 0) is 13.0 Å². The Morgan fingerprint density at radius 1 is 1.19 bits per heavy atom. The first kappa shape index (κ1) is 17.3. The lowest BCUT2D eigenvalue weighted by atomic mass is 9.85. The monoisotopic (exact) mass is 350 g/mol. The molecule has 0 radical (unpaired) electrons. The van der Waals surface area contributed by atoms with Crippen LogP contribution in [0.15, 0.2) is 30.3 Å². The molecule has 0 spiro atoms. The van der Waals surface area contributed by atoms with Gasteiger partial charge in [-0.25, -0.2) is 9.97 Å². The van der Waals surface area contributed by atoms with Crippen molar-refractivity contribution in [3.63, 3.8) is 0 Å². The van der Waals surface area contributed by atoms with Crippen molar-refractivity contribution in [2.75, 3.05) is 10.2 Å². The Morgan fingerprint density at radius 2 is 1.92 bits per heavy atom. The quantitative estimate of drug-likeness (QED) is 0.832. The van der Waals surface area contributed by atoms with Gasteiger partial charge in [0.1, 0.15) is 17.5 Å². The van der Waals surface area contributed by atoms with E-state index in [1.807, 2.05) is 0 Å². The van der Waals surface area contributed by atoms with Gasteiger partial charge < -0.3 is 10.2 Å². The van der Waals surface area contributed by atoms with E-state index in [1.165, 1.54) is 24.0 Å². The summed E-state index contributed by atoms with van der Waals surface area (Å²) < 4.78 is 0. The number of benzene rings is 1. The molecule has 2 heterocycles. The van der Waals surface area contributed by atoms with Gasteiger partial charge in [0.25, 0.3) is 0 Å². The normalized spacial score (nSPS) is 19.8. The molecule has 26 heavy (non-hydrogen) atoms.